The lowest BCUT2D eigenvalue weighted by molar-refractivity contribution is 1.03. The Hall–Kier alpha value is -0.520. The van der Waals surface area contributed by atoms with Crippen LogP contribution in [0.25, 0.3) is 0 Å². The topological polar surface area (TPSA) is 0 Å². The fourth-order valence-electron chi connectivity index (χ4n) is 0.713. The summed E-state index contributed by atoms with van der Waals surface area (Å²) in [5, 5.41) is 0. The second kappa shape index (κ2) is 8.48. The van der Waals surface area contributed by atoms with Crippen LogP contribution in [0.5, 0.6) is 0 Å². The molecule has 0 heteroatoms. The van der Waals surface area contributed by atoms with E-state index in [0.717, 1.165) is 19.3 Å². The molecule has 0 atom stereocenters. The monoisotopic (exact) mass is 137 g/mol. The lowest BCUT2D eigenvalue weighted by Crippen LogP contribution is -1.64. The molecule has 0 nitrogen and oxygen atoms in total. The Labute approximate surface area is 64.6 Å². The molecule has 0 heterocycles. The summed E-state index contributed by atoms with van der Waals surface area (Å²) >= 11 is 0. The van der Waals surface area contributed by atoms with Crippen LogP contribution in [-0.2, 0) is 0 Å². The van der Waals surface area contributed by atoms with Crippen LogP contribution in [0.1, 0.15) is 32.6 Å². The minimum Gasteiger partial charge on any atom is -0.0888 e. The number of hydrogen-bond acceptors (Lipinski definition) is 0. The van der Waals surface area contributed by atoms with Crippen molar-refractivity contribution in [2.75, 3.05) is 0 Å². The molecule has 0 aliphatic carbocycles. The normalized spacial score (nSPS) is 11.8. The predicted molar refractivity (Wildman–Crippen MR) is 47.8 cm³/mol. The molecule has 0 aromatic carbocycles. The molecule has 0 saturated heterocycles. The molecule has 0 fully saturated rings. The first kappa shape index (κ1) is 9.48. The van der Waals surface area contributed by atoms with Crippen molar-refractivity contribution < 1.29 is 0 Å². The van der Waals surface area contributed by atoms with Crippen LogP contribution in [0.15, 0.2) is 24.3 Å². The molecule has 0 bridgehead atoms. The second-order valence-electron chi connectivity index (χ2n) is 2.22. The van der Waals surface area contributed by atoms with E-state index < -0.39 is 0 Å². The SMILES string of the molecule is [CH2]CC=CCCC=CCC. The van der Waals surface area contributed by atoms with Crippen LogP contribution in [0.2, 0.25) is 0 Å². The molecule has 0 N–H and O–H groups in total. The lowest BCUT2D eigenvalue weighted by Gasteiger charge is -1.84. The summed E-state index contributed by atoms with van der Waals surface area (Å²) in [5.41, 5.74) is 0. The summed E-state index contributed by atoms with van der Waals surface area (Å²) in [4.78, 5) is 0. The Bertz CT molecular complexity index is 84.6. The quantitative estimate of drug-likeness (QED) is 0.402. The van der Waals surface area contributed by atoms with E-state index in [1.807, 2.05) is 0 Å². The van der Waals surface area contributed by atoms with E-state index in [4.69, 9.17) is 0 Å². The van der Waals surface area contributed by atoms with Crippen LogP contribution in [-0.4, -0.2) is 0 Å². The average Bonchev–Trinajstić information content (AvgIpc) is 1.97. The Balaban J connectivity index is 3.04. The van der Waals surface area contributed by atoms with E-state index >= 15 is 0 Å². The van der Waals surface area contributed by atoms with Crippen molar-refractivity contribution in [3.8, 4) is 0 Å². The molecule has 0 unspecified atom stereocenters. The first-order chi connectivity index (χ1) is 4.91. The van der Waals surface area contributed by atoms with Gasteiger partial charge in [-0.05, 0) is 32.6 Å². The molecule has 10 heavy (non-hydrogen) atoms. The Morgan fingerprint density at radius 1 is 1.00 bits per heavy atom. The molecule has 0 amide bonds. The molecule has 0 saturated carbocycles. The summed E-state index contributed by atoms with van der Waals surface area (Å²) in [6, 6.07) is 0. The fraction of sp³-hybridized carbons (Fsp3) is 0.500. The zero-order chi connectivity index (χ0) is 7.66. The Kier molecular flexibility index (Phi) is 8.04. The van der Waals surface area contributed by atoms with Crippen LogP contribution < -0.4 is 0 Å². The number of rotatable bonds is 5. The summed E-state index contributed by atoms with van der Waals surface area (Å²) in [7, 11) is 0. The maximum absolute atomic E-state index is 3.71. The van der Waals surface area contributed by atoms with Crippen molar-refractivity contribution in [2.24, 2.45) is 0 Å². The minimum absolute atomic E-state index is 0.914. The molecule has 0 aliphatic heterocycles. The van der Waals surface area contributed by atoms with E-state index in [0.29, 0.717) is 0 Å². The van der Waals surface area contributed by atoms with Gasteiger partial charge in [0.1, 0.15) is 0 Å². The Morgan fingerprint density at radius 2 is 1.60 bits per heavy atom. The average molecular weight is 137 g/mol. The molecule has 1 radical (unpaired) electrons. The summed E-state index contributed by atoms with van der Waals surface area (Å²) < 4.78 is 0. The van der Waals surface area contributed by atoms with Crippen molar-refractivity contribution >= 4 is 0 Å². The second-order valence-corrected chi connectivity index (χ2v) is 2.22. The maximum atomic E-state index is 3.71. The van der Waals surface area contributed by atoms with E-state index in [9.17, 15) is 0 Å². The third-order valence-electron chi connectivity index (χ3n) is 1.24. The lowest BCUT2D eigenvalue weighted by atomic mass is 10.2. The third kappa shape index (κ3) is 7.48. The molecular weight excluding hydrogens is 120 g/mol. The zero-order valence-electron chi connectivity index (χ0n) is 6.84. The molecule has 0 aliphatic rings. The molecule has 0 spiro atoms. The van der Waals surface area contributed by atoms with E-state index in [2.05, 4.69) is 38.2 Å². The van der Waals surface area contributed by atoms with Crippen molar-refractivity contribution in [3.05, 3.63) is 31.2 Å². The first-order valence-corrected chi connectivity index (χ1v) is 4.01. The fourth-order valence-corrected chi connectivity index (χ4v) is 0.713. The highest BCUT2D eigenvalue weighted by Crippen LogP contribution is 1.94. The number of unbranched alkanes of at least 4 members (excludes halogenated alkanes) is 1. The van der Waals surface area contributed by atoms with Crippen molar-refractivity contribution in [3.63, 3.8) is 0 Å². The summed E-state index contributed by atoms with van der Waals surface area (Å²) in [6.07, 6.45) is 13.1. The minimum atomic E-state index is 0.914. The largest absolute Gasteiger partial charge is 0.0888 e. The molecular formula is C10H17. The highest BCUT2D eigenvalue weighted by atomic mass is 13.8. The van der Waals surface area contributed by atoms with Crippen molar-refractivity contribution in [2.45, 2.75) is 32.6 Å². The van der Waals surface area contributed by atoms with Gasteiger partial charge in [-0.15, -0.1) is 0 Å². The van der Waals surface area contributed by atoms with Gasteiger partial charge in [0.15, 0.2) is 0 Å². The highest BCUT2D eigenvalue weighted by Gasteiger charge is 1.74. The van der Waals surface area contributed by atoms with Gasteiger partial charge in [0, 0.05) is 0 Å². The molecule has 0 aromatic rings. The third-order valence-corrected chi connectivity index (χ3v) is 1.24. The number of hydrogen-bond donors (Lipinski definition) is 0. The molecule has 0 rings (SSSR count). The van der Waals surface area contributed by atoms with Crippen LogP contribution in [0.3, 0.4) is 0 Å². The summed E-state index contributed by atoms with van der Waals surface area (Å²) in [5.74, 6) is 0. The van der Waals surface area contributed by atoms with E-state index in [1.165, 1.54) is 6.42 Å². The van der Waals surface area contributed by atoms with Crippen LogP contribution >= 0.6 is 0 Å². The standard InChI is InChI=1S/C10H17/c1-3-5-7-9-10-8-6-4-2/h5-8H,1,3-4,9-10H2,2H3. The zero-order valence-corrected chi connectivity index (χ0v) is 6.84. The molecule has 57 valence electrons. The van der Waals surface area contributed by atoms with E-state index in [-0.39, 0.29) is 0 Å². The van der Waals surface area contributed by atoms with Crippen molar-refractivity contribution in [1.82, 2.24) is 0 Å². The van der Waals surface area contributed by atoms with Gasteiger partial charge >= 0.3 is 0 Å². The highest BCUT2D eigenvalue weighted by molar-refractivity contribution is 4.87. The van der Waals surface area contributed by atoms with E-state index in [1.54, 1.807) is 0 Å². The van der Waals surface area contributed by atoms with Gasteiger partial charge in [-0.2, -0.15) is 0 Å². The van der Waals surface area contributed by atoms with Crippen LogP contribution in [0, 0.1) is 6.92 Å². The van der Waals surface area contributed by atoms with Crippen LogP contribution in [0.4, 0.5) is 0 Å². The smallest absolute Gasteiger partial charge is 0.0316 e. The Morgan fingerprint density at radius 3 is 2.10 bits per heavy atom. The van der Waals surface area contributed by atoms with Gasteiger partial charge in [-0.25, -0.2) is 0 Å². The van der Waals surface area contributed by atoms with Gasteiger partial charge in [0.25, 0.3) is 0 Å². The van der Waals surface area contributed by atoms with Gasteiger partial charge in [-0.3, -0.25) is 0 Å². The first-order valence-electron chi connectivity index (χ1n) is 4.01. The van der Waals surface area contributed by atoms with Gasteiger partial charge in [-0.1, -0.05) is 31.2 Å². The summed E-state index contributed by atoms with van der Waals surface area (Å²) in [6.45, 7) is 5.87. The number of allylic oxidation sites excluding steroid dienone is 4. The maximum Gasteiger partial charge on any atom is -0.0316 e. The van der Waals surface area contributed by atoms with Crippen molar-refractivity contribution in [1.29, 1.82) is 0 Å². The van der Waals surface area contributed by atoms with Gasteiger partial charge in [0.2, 0.25) is 0 Å². The van der Waals surface area contributed by atoms with Gasteiger partial charge < -0.3 is 0 Å². The molecule has 0 aromatic heterocycles. The van der Waals surface area contributed by atoms with Gasteiger partial charge in [0.05, 0.1) is 0 Å². The predicted octanol–water partition coefficient (Wildman–Crippen LogP) is 3.51.